The van der Waals surface area contributed by atoms with Crippen LogP contribution in [0.5, 0.6) is 5.75 Å². The molecule has 0 aromatic heterocycles. The molecule has 0 aliphatic heterocycles. The average Bonchev–Trinajstić information content (AvgIpc) is 2.35. The maximum atomic E-state index is 13.5. The summed E-state index contributed by atoms with van der Waals surface area (Å²) in [6.07, 6.45) is 3.66. The van der Waals surface area contributed by atoms with Gasteiger partial charge in [-0.25, -0.2) is 4.39 Å². The van der Waals surface area contributed by atoms with Crippen molar-refractivity contribution in [2.45, 2.75) is 32.2 Å². The van der Waals surface area contributed by atoms with Gasteiger partial charge in [0.2, 0.25) is 0 Å². The second kappa shape index (κ2) is 8.03. The number of aliphatic hydroxyl groups is 1. The van der Waals surface area contributed by atoms with Crippen molar-refractivity contribution in [3.05, 3.63) is 29.6 Å². The number of unbranched alkanes of at least 4 members (excludes halogenated alkanes) is 3. The molecule has 0 aliphatic carbocycles. The Morgan fingerprint density at radius 2 is 1.94 bits per heavy atom. The Balaban J connectivity index is 2.27. The highest BCUT2D eigenvalue weighted by Gasteiger charge is 2.03. The Morgan fingerprint density at radius 3 is 2.59 bits per heavy atom. The fraction of sp³-hybridized carbons (Fsp3) is 0.538. The van der Waals surface area contributed by atoms with Crippen molar-refractivity contribution in [1.82, 2.24) is 0 Å². The summed E-state index contributed by atoms with van der Waals surface area (Å²) in [4.78, 5) is 0. The van der Waals surface area contributed by atoms with E-state index in [2.05, 4.69) is 0 Å². The second-order valence-electron chi connectivity index (χ2n) is 3.96. The average molecular weight is 241 g/mol. The van der Waals surface area contributed by atoms with Crippen LogP contribution in [-0.2, 0) is 6.54 Å². The van der Waals surface area contributed by atoms with Gasteiger partial charge >= 0.3 is 0 Å². The molecule has 1 aromatic rings. The molecule has 0 bridgehead atoms. The Labute approximate surface area is 101 Å². The third-order valence-corrected chi connectivity index (χ3v) is 2.54. The maximum absolute atomic E-state index is 13.5. The Kier molecular flexibility index (Phi) is 6.58. The largest absolute Gasteiger partial charge is 0.491 e. The molecule has 0 heterocycles. The van der Waals surface area contributed by atoms with Gasteiger partial charge in [-0.05, 0) is 37.0 Å². The number of aliphatic hydroxyl groups excluding tert-OH is 1. The van der Waals surface area contributed by atoms with Crippen molar-refractivity contribution in [3.63, 3.8) is 0 Å². The minimum absolute atomic E-state index is 0.232. The topological polar surface area (TPSA) is 55.5 Å². The van der Waals surface area contributed by atoms with Crippen molar-refractivity contribution >= 4 is 0 Å². The first-order valence-electron chi connectivity index (χ1n) is 6.00. The van der Waals surface area contributed by atoms with Crippen LogP contribution in [0, 0.1) is 5.82 Å². The van der Waals surface area contributed by atoms with Crippen molar-refractivity contribution < 1.29 is 14.2 Å². The predicted octanol–water partition coefficient (Wildman–Crippen LogP) is 2.22. The quantitative estimate of drug-likeness (QED) is 0.686. The van der Waals surface area contributed by atoms with Gasteiger partial charge < -0.3 is 15.6 Å². The molecule has 0 spiro atoms. The third kappa shape index (κ3) is 5.15. The van der Waals surface area contributed by atoms with Crippen LogP contribution in [0.25, 0.3) is 0 Å². The summed E-state index contributed by atoms with van der Waals surface area (Å²) in [7, 11) is 0. The van der Waals surface area contributed by atoms with Crippen LogP contribution in [0.3, 0.4) is 0 Å². The fourth-order valence-electron chi connectivity index (χ4n) is 1.54. The van der Waals surface area contributed by atoms with Gasteiger partial charge in [-0.15, -0.1) is 0 Å². The van der Waals surface area contributed by atoms with E-state index in [4.69, 9.17) is 15.6 Å². The number of halogens is 1. The molecule has 0 atom stereocenters. The molecule has 3 N–H and O–H groups in total. The third-order valence-electron chi connectivity index (χ3n) is 2.54. The second-order valence-corrected chi connectivity index (χ2v) is 3.96. The van der Waals surface area contributed by atoms with Gasteiger partial charge in [0.05, 0.1) is 6.61 Å². The van der Waals surface area contributed by atoms with E-state index in [-0.39, 0.29) is 18.2 Å². The molecule has 0 saturated heterocycles. The van der Waals surface area contributed by atoms with Crippen LogP contribution < -0.4 is 10.5 Å². The Bertz CT molecular complexity index is 331. The monoisotopic (exact) mass is 241 g/mol. The smallest absolute Gasteiger partial charge is 0.165 e. The molecule has 1 rings (SSSR count). The lowest BCUT2D eigenvalue weighted by Gasteiger charge is -2.08. The number of ether oxygens (including phenoxy) is 1. The van der Waals surface area contributed by atoms with Crippen molar-refractivity contribution in [2.24, 2.45) is 5.73 Å². The van der Waals surface area contributed by atoms with Gasteiger partial charge in [-0.1, -0.05) is 12.5 Å². The van der Waals surface area contributed by atoms with E-state index < -0.39 is 0 Å². The van der Waals surface area contributed by atoms with E-state index in [0.29, 0.717) is 13.2 Å². The highest BCUT2D eigenvalue weighted by Crippen LogP contribution is 2.18. The first kappa shape index (κ1) is 13.9. The molecule has 3 nitrogen and oxygen atoms in total. The van der Waals surface area contributed by atoms with Crippen molar-refractivity contribution in [2.75, 3.05) is 13.2 Å². The number of hydrogen-bond acceptors (Lipinski definition) is 3. The van der Waals surface area contributed by atoms with Crippen molar-refractivity contribution in [1.29, 1.82) is 0 Å². The summed E-state index contributed by atoms with van der Waals surface area (Å²) < 4.78 is 18.8. The lowest BCUT2D eigenvalue weighted by atomic mass is 10.2. The van der Waals surface area contributed by atoms with Gasteiger partial charge in [0.25, 0.3) is 0 Å². The number of nitrogens with two attached hydrogens (primary N) is 1. The minimum atomic E-state index is -0.358. The summed E-state index contributed by atoms with van der Waals surface area (Å²) in [5, 5.41) is 8.60. The van der Waals surface area contributed by atoms with Crippen LogP contribution in [-0.4, -0.2) is 18.3 Å². The molecule has 1 aromatic carbocycles. The lowest BCUT2D eigenvalue weighted by molar-refractivity contribution is 0.269. The van der Waals surface area contributed by atoms with E-state index in [0.717, 1.165) is 31.2 Å². The molecule has 0 amide bonds. The molecule has 17 heavy (non-hydrogen) atoms. The molecule has 0 saturated carbocycles. The number of hydrogen-bond donors (Lipinski definition) is 2. The number of rotatable bonds is 8. The van der Waals surface area contributed by atoms with E-state index >= 15 is 0 Å². The predicted molar refractivity (Wildman–Crippen MR) is 65.3 cm³/mol. The van der Waals surface area contributed by atoms with Crippen LogP contribution in [0.2, 0.25) is 0 Å². The molecular weight excluding hydrogens is 221 g/mol. The SMILES string of the molecule is NCc1ccc(OCCCCCCO)c(F)c1. The molecule has 0 aliphatic rings. The van der Waals surface area contributed by atoms with E-state index in [1.165, 1.54) is 6.07 Å². The fourth-order valence-corrected chi connectivity index (χ4v) is 1.54. The van der Waals surface area contributed by atoms with E-state index in [9.17, 15) is 4.39 Å². The van der Waals surface area contributed by atoms with Gasteiger partial charge in [0.15, 0.2) is 11.6 Å². The normalized spacial score (nSPS) is 10.5. The summed E-state index contributed by atoms with van der Waals surface area (Å²) in [6, 6.07) is 4.79. The summed E-state index contributed by atoms with van der Waals surface area (Å²) in [5.74, 6) is -0.0762. The zero-order valence-electron chi connectivity index (χ0n) is 9.99. The summed E-state index contributed by atoms with van der Waals surface area (Å²) in [6.45, 7) is 1.07. The molecular formula is C13H20FNO2. The molecule has 96 valence electrons. The molecule has 0 unspecified atom stereocenters. The lowest BCUT2D eigenvalue weighted by Crippen LogP contribution is -2.01. The van der Waals surface area contributed by atoms with Crippen LogP contribution in [0.15, 0.2) is 18.2 Å². The van der Waals surface area contributed by atoms with Gasteiger partial charge in [0, 0.05) is 13.2 Å². The molecule has 0 radical (unpaired) electrons. The highest BCUT2D eigenvalue weighted by atomic mass is 19.1. The Morgan fingerprint density at radius 1 is 1.18 bits per heavy atom. The van der Waals surface area contributed by atoms with Gasteiger partial charge in [-0.2, -0.15) is 0 Å². The van der Waals surface area contributed by atoms with Crippen LogP contribution >= 0.6 is 0 Å². The van der Waals surface area contributed by atoms with Crippen LogP contribution in [0.1, 0.15) is 31.2 Å². The summed E-state index contributed by atoms with van der Waals surface area (Å²) >= 11 is 0. The van der Waals surface area contributed by atoms with E-state index in [1.54, 1.807) is 12.1 Å². The standard InChI is InChI=1S/C13H20FNO2/c14-12-9-11(10-15)5-6-13(12)17-8-4-2-1-3-7-16/h5-6,9,16H,1-4,7-8,10,15H2. The number of benzene rings is 1. The minimum Gasteiger partial charge on any atom is -0.491 e. The van der Waals surface area contributed by atoms with Crippen LogP contribution in [0.4, 0.5) is 4.39 Å². The molecule has 4 heteroatoms. The van der Waals surface area contributed by atoms with Gasteiger partial charge in [-0.3, -0.25) is 0 Å². The zero-order valence-corrected chi connectivity index (χ0v) is 9.99. The zero-order chi connectivity index (χ0) is 12.5. The van der Waals surface area contributed by atoms with Gasteiger partial charge in [0.1, 0.15) is 0 Å². The molecule has 0 fully saturated rings. The maximum Gasteiger partial charge on any atom is 0.165 e. The highest BCUT2D eigenvalue weighted by molar-refractivity contribution is 5.29. The summed E-state index contributed by atoms with van der Waals surface area (Å²) in [5.41, 5.74) is 6.17. The van der Waals surface area contributed by atoms with E-state index in [1.807, 2.05) is 0 Å². The first-order valence-corrected chi connectivity index (χ1v) is 6.00. The Hall–Kier alpha value is -1.13. The first-order chi connectivity index (χ1) is 8.27. The van der Waals surface area contributed by atoms with Crippen molar-refractivity contribution in [3.8, 4) is 5.75 Å².